The van der Waals surface area contributed by atoms with Crippen LogP contribution in [0.4, 0.5) is 5.69 Å². The van der Waals surface area contributed by atoms with Gasteiger partial charge in [0, 0.05) is 22.2 Å². The van der Waals surface area contributed by atoms with Gasteiger partial charge in [-0.3, -0.25) is 25.1 Å². The van der Waals surface area contributed by atoms with E-state index in [0.29, 0.717) is 5.75 Å². The maximum Gasteiger partial charge on any atom is 0.276 e. The number of ether oxygens (including phenoxy) is 1. The van der Waals surface area contributed by atoms with Crippen LogP contribution in [0.15, 0.2) is 53.0 Å². The van der Waals surface area contributed by atoms with Gasteiger partial charge in [0.15, 0.2) is 6.61 Å². The van der Waals surface area contributed by atoms with Gasteiger partial charge in [-0.25, -0.2) is 5.01 Å². The van der Waals surface area contributed by atoms with Gasteiger partial charge >= 0.3 is 0 Å². The quantitative estimate of drug-likeness (QED) is 0.534. The molecule has 1 fully saturated rings. The van der Waals surface area contributed by atoms with Crippen molar-refractivity contribution in [3.8, 4) is 5.75 Å². The van der Waals surface area contributed by atoms with Crippen molar-refractivity contribution < 1.29 is 19.2 Å². The van der Waals surface area contributed by atoms with Crippen LogP contribution in [0.2, 0.25) is 0 Å². The van der Waals surface area contributed by atoms with E-state index in [2.05, 4.69) is 21.4 Å². The molecule has 8 nitrogen and oxygen atoms in total. The Morgan fingerprint density at radius 1 is 1.30 bits per heavy atom. The summed E-state index contributed by atoms with van der Waals surface area (Å²) in [5, 5.41) is 11.6. The molecule has 0 saturated carbocycles. The molecule has 2 aromatic carbocycles. The van der Waals surface area contributed by atoms with Crippen LogP contribution >= 0.6 is 27.7 Å². The highest BCUT2D eigenvalue weighted by Gasteiger charge is 2.35. The van der Waals surface area contributed by atoms with E-state index in [0.717, 1.165) is 10.0 Å². The van der Waals surface area contributed by atoms with Gasteiger partial charge in [0.25, 0.3) is 17.5 Å². The molecule has 0 radical (unpaired) electrons. The molecule has 0 spiro atoms. The summed E-state index contributed by atoms with van der Waals surface area (Å²) in [6.07, 6.45) is 0. The van der Waals surface area contributed by atoms with Crippen LogP contribution in [0.25, 0.3) is 0 Å². The summed E-state index contributed by atoms with van der Waals surface area (Å²) in [5.74, 6) is -0.124. The number of carbonyl (C=O) groups excluding carboxylic acids is 2. The van der Waals surface area contributed by atoms with Crippen molar-refractivity contribution in [1.82, 2.24) is 10.4 Å². The number of nitro benzene ring substituents is 1. The molecule has 1 saturated heterocycles. The third-order valence-corrected chi connectivity index (χ3v) is 5.62. The summed E-state index contributed by atoms with van der Waals surface area (Å²) in [6.45, 7) is -0.324. The molecule has 10 heteroatoms. The van der Waals surface area contributed by atoms with E-state index >= 15 is 0 Å². The number of nitro groups is 1. The summed E-state index contributed by atoms with van der Waals surface area (Å²) >= 11 is 4.87. The fourth-order valence-corrected chi connectivity index (χ4v) is 4.23. The lowest BCUT2D eigenvalue weighted by Crippen LogP contribution is -2.46. The van der Waals surface area contributed by atoms with Crippen molar-refractivity contribution in [2.45, 2.75) is 5.37 Å². The average Bonchev–Trinajstić information content (AvgIpc) is 3.01. The molecular weight excluding hydrogens is 438 g/mol. The van der Waals surface area contributed by atoms with Crippen molar-refractivity contribution in [1.29, 1.82) is 0 Å². The van der Waals surface area contributed by atoms with Crippen LogP contribution in [-0.2, 0) is 9.59 Å². The number of thioether (sulfide) groups is 1. The highest BCUT2D eigenvalue weighted by molar-refractivity contribution is 9.10. The smallest absolute Gasteiger partial charge is 0.276 e. The zero-order chi connectivity index (χ0) is 19.4. The van der Waals surface area contributed by atoms with E-state index in [9.17, 15) is 19.7 Å². The number of hydrazine groups is 1. The van der Waals surface area contributed by atoms with Crippen LogP contribution in [-0.4, -0.2) is 34.1 Å². The Hall–Kier alpha value is -2.59. The third-order valence-electron chi connectivity index (χ3n) is 3.70. The van der Waals surface area contributed by atoms with Crippen molar-refractivity contribution in [2.24, 2.45) is 0 Å². The van der Waals surface area contributed by atoms with E-state index in [1.54, 1.807) is 0 Å². The second kappa shape index (κ2) is 8.40. The number of halogens is 1. The Morgan fingerprint density at radius 2 is 2.00 bits per heavy atom. The number of benzene rings is 2. The first-order chi connectivity index (χ1) is 13.0. The average molecular weight is 452 g/mol. The zero-order valence-electron chi connectivity index (χ0n) is 13.8. The van der Waals surface area contributed by atoms with Crippen molar-refractivity contribution >= 4 is 45.2 Å². The van der Waals surface area contributed by atoms with E-state index in [4.69, 9.17) is 4.74 Å². The number of carbonyl (C=O) groups is 2. The molecule has 0 aliphatic carbocycles. The summed E-state index contributed by atoms with van der Waals surface area (Å²) in [5.41, 5.74) is 3.39. The van der Waals surface area contributed by atoms with Crippen LogP contribution < -0.4 is 10.2 Å². The first kappa shape index (κ1) is 19.2. The molecule has 1 heterocycles. The van der Waals surface area contributed by atoms with E-state index in [1.165, 1.54) is 41.0 Å². The summed E-state index contributed by atoms with van der Waals surface area (Å²) < 4.78 is 6.17. The highest BCUT2D eigenvalue weighted by Crippen LogP contribution is 2.40. The highest BCUT2D eigenvalue weighted by atomic mass is 79.9. The standard InChI is InChI=1S/C17H14BrN3O5S/c18-14-4-2-1-3-13(14)17-20(16(23)10-27-17)19-15(22)9-26-12-7-5-11(6-8-12)21(24)25/h1-8,17H,9-10H2,(H,19,22). The van der Waals surface area contributed by atoms with Gasteiger partial charge in [0.05, 0.1) is 10.7 Å². The summed E-state index contributed by atoms with van der Waals surface area (Å²) in [4.78, 5) is 34.5. The van der Waals surface area contributed by atoms with Gasteiger partial charge in [-0.05, 0) is 18.2 Å². The number of non-ortho nitro benzene ring substituents is 1. The van der Waals surface area contributed by atoms with Crippen molar-refractivity contribution in [3.05, 3.63) is 68.7 Å². The van der Waals surface area contributed by atoms with Gasteiger partial charge in [-0.15, -0.1) is 11.8 Å². The lowest BCUT2D eigenvalue weighted by molar-refractivity contribution is -0.384. The molecule has 140 valence electrons. The lowest BCUT2D eigenvalue weighted by Gasteiger charge is -2.25. The molecule has 1 aliphatic rings. The minimum absolute atomic E-state index is 0.0669. The molecule has 1 N–H and O–H groups in total. The molecule has 1 unspecified atom stereocenters. The maximum atomic E-state index is 12.2. The zero-order valence-corrected chi connectivity index (χ0v) is 16.2. The molecule has 1 atom stereocenters. The molecule has 0 bridgehead atoms. The fourth-order valence-electron chi connectivity index (χ4n) is 2.43. The number of rotatable bonds is 6. The Balaban J connectivity index is 1.61. The number of hydrogen-bond donors (Lipinski definition) is 1. The second-order valence-corrected chi connectivity index (χ2v) is 7.45. The number of hydrogen-bond acceptors (Lipinski definition) is 6. The number of nitrogens with zero attached hydrogens (tertiary/aromatic N) is 2. The third kappa shape index (κ3) is 4.58. The van der Waals surface area contributed by atoms with Crippen LogP contribution in [0, 0.1) is 10.1 Å². The van der Waals surface area contributed by atoms with Crippen molar-refractivity contribution in [3.63, 3.8) is 0 Å². The molecular formula is C17H14BrN3O5S. The van der Waals surface area contributed by atoms with Gasteiger partial charge in [-0.1, -0.05) is 34.1 Å². The van der Waals surface area contributed by atoms with Gasteiger partial charge < -0.3 is 4.74 Å². The van der Waals surface area contributed by atoms with Gasteiger partial charge in [0.2, 0.25) is 0 Å². The van der Waals surface area contributed by atoms with E-state index < -0.39 is 10.8 Å². The minimum atomic E-state index is -0.519. The maximum absolute atomic E-state index is 12.2. The lowest BCUT2D eigenvalue weighted by atomic mass is 10.2. The van der Waals surface area contributed by atoms with Gasteiger partial charge in [-0.2, -0.15) is 0 Å². The first-order valence-electron chi connectivity index (χ1n) is 7.80. The Kier molecular flexibility index (Phi) is 5.97. The largest absolute Gasteiger partial charge is 0.484 e. The molecule has 2 amide bonds. The first-order valence-corrected chi connectivity index (χ1v) is 9.64. The number of nitrogens with one attached hydrogen (secondary N) is 1. The topological polar surface area (TPSA) is 102 Å². The van der Waals surface area contributed by atoms with Crippen LogP contribution in [0.5, 0.6) is 5.75 Å². The summed E-state index contributed by atoms with van der Waals surface area (Å²) in [6, 6.07) is 12.9. The van der Waals surface area contributed by atoms with Crippen molar-refractivity contribution in [2.75, 3.05) is 12.4 Å². The predicted octanol–water partition coefficient (Wildman–Crippen LogP) is 3.04. The Morgan fingerprint density at radius 3 is 2.67 bits per heavy atom. The predicted molar refractivity (Wildman–Crippen MR) is 103 cm³/mol. The Labute approximate surface area is 167 Å². The van der Waals surface area contributed by atoms with Gasteiger partial charge in [0.1, 0.15) is 11.1 Å². The SMILES string of the molecule is O=C(COc1ccc([N+](=O)[O-])cc1)NN1C(=O)CSC1c1ccccc1Br. The van der Waals surface area contributed by atoms with E-state index in [-0.39, 0.29) is 29.3 Å². The summed E-state index contributed by atoms with van der Waals surface area (Å²) in [7, 11) is 0. The van der Waals surface area contributed by atoms with Crippen LogP contribution in [0.3, 0.4) is 0 Å². The minimum Gasteiger partial charge on any atom is -0.484 e. The second-order valence-electron chi connectivity index (χ2n) is 5.52. The fraction of sp³-hybridized carbons (Fsp3) is 0.176. The molecule has 2 aromatic rings. The molecule has 0 aromatic heterocycles. The normalized spacial score (nSPS) is 16.3. The molecule has 1 aliphatic heterocycles. The monoisotopic (exact) mass is 451 g/mol. The Bertz CT molecular complexity index is 877. The molecule has 27 heavy (non-hydrogen) atoms. The molecule has 3 rings (SSSR count). The van der Waals surface area contributed by atoms with Crippen LogP contribution in [0.1, 0.15) is 10.9 Å². The van der Waals surface area contributed by atoms with E-state index in [1.807, 2.05) is 24.3 Å². The number of amides is 2.